The molecule has 0 aliphatic heterocycles. The number of ketones is 1. The first-order valence-corrected chi connectivity index (χ1v) is 5.67. The summed E-state index contributed by atoms with van der Waals surface area (Å²) in [4.78, 5) is 11.6. The fourth-order valence-corrected chi connectivity index (χ4v) is 1.65. The average Bonchev–Trinajstić information content (AvgIpc) is 2.30. The van der Waals surface area contributed by atoms with Gasteiger partial charge in [0.05, 0.1) is 6.04 Å². The molecule has 88 valence electrons. The van der Waals surface area contributed by atoms with E-state index in [1.54, 1.807) is 12.1 Å². The van der Waals surface area contributed by atoms with E-state index < -0.39 is 0 Å². The molecule has 1 atom stereocenters. The Labute approximate surface area is 95.9 Å². The number of likely N-dealkylation sites (N-methyl/N-ethyl adjacent to an activating group) is 1. The van der Waals surface area contributed by atoms with E-state index >= 15 is 0 Å². The lowest BCUT2D eigenvalue weighted by Crippen LogP contribution is -2.38. The summed E-state index contributed by atoms with van der Waals surface area (Å²) in [5, 5.41) is 3.15. The predicted molar refractivity (Wildman–Crippen MR) is 62.9 cm³/mol. The van der Waals surface area contributed by atoms with Gasteiger partial charge in [-0.15, -0.1) is 0 Å². The maximum Gasteiger partial charge on any atom is 0.149 e. The zero-order valence-electron chi connectivity index (χ0n) is 9.79. The molecular weight excluding hydrogens is 205 g/mol. The second kappa shape index (κ2) is 6.38. The zero-order chi connectivity index (χ0) is 12.0. The Hall–Kier alpha value is -1.22. The van der Waals surface area contributed by atoms with Crippen LogP contribution in [0.5, 0.6) is 0 Å². The maximum atomic E-state index is 12.7. The second-order valence-electron chi connectivity index (χ2n) is 3.76. The molecule has 0 saturated heterocycles. The van der Waals surface area contributed by atoms with E-state index in [-0.39, 0.29) is 17.6 Å². The molecule has 0 aromatic heterocycles. The molecule has 2 nitrogen and oxygen atoms in total. The Bertz CT molecular complexity index is 334. The summed E-state index contributed by atoms with van der Waals surface area (Å²) in [6, 6.07) is 6.15. The molecule has 0 fully saturated rings. The lowest BCUT2D eigenvalue weighted by atomic mass is 10.0. The number of Topliss-reactive ketones (excluding diaryl/α,β-unsaturated/α-hetero) is 1. The van der Waals surface area contributed by atoms with Crippen LogP contribution >= 0.6 is 0 Å². The summed E-state index contributed by atoms with van der Waals surface area (Å²) in [7, 11) is 0. The number of hydrogen-bond acceptors (Lipinski definition) is 2. The third-order valence-corrected chi connectivity index (χ3v) is 2.54. The highest BCUT2D eigenvalue weighted by Crippen LogP contribution is 2.07. The van der Waals surface area contributed by atoms with E-state index in [0.717, 1.165) is 12.1 Å². The Balaban J connectivity index is 2.67. The van der Waals surface area contributed by atoms with Gasteiger partial charge in [-0.25, -0.2) is 4.39 Å². The van der Waals surface area contributed by atoms with Gasteiger partial charge in [0.2, 0.25) is 0 Å². The first-order valence-electron chi connectivity index (χ1n) is 5.67. The minimum Gasteiger partial charge on any atom is -0.307 e. The fourth-order valence-electron chi connectivity index (χ4n) is 1.65. The topological polar surface area (TPSA) is 29.1 Å². The number of nitrogens with one attached hydrogen (secondary N) is 1. The van der Waals surface area contributed by atoms with Crippen LogP contribution in [-0.4, -0.2) is 18.4 Å². The van der Waals surface area contributed by atoms with Gasteiger partial charge in [0.1, 0.15) is 11.6 Å². The predicted octanol–water partition coefficient (Wildman–Crippen LogP) is 2.33. The van der Waals surface area contributed by atoms with Crippen molar-refractivity contribution in [2.24, 2.45) is 0 Å². The number of rotatable bonds is 6. The smallest absolute Gasteiger partial charge is 0.149 e. The van der Waals surface area contributed by atoms with Crippen molar-refractivity contribution in [2.75, 3.05) is 6.54 Å². The van der Waals surface area contributed by atoms with Crippen molar-refractivity contribution in [3.8, 4) is 0 Å². The molecule has 3 heteroatoms. The van der Waals surface area contributed by atoms with Gasteiger partial charge in [-0.05, 0) is 30.7 Å². The zero-order valence-corrected chi connectivity index (χ0v) is 9.79. The molecule has 1 N–H and O–H groups in total. The highest BCUT2D eigenvalue weighted by Gasteiger charge is 2.15. The van der Waals surface area contributed by atoms with Crippen molar-refractivity contribution in [1.29, 1.82) is 0 Å². The molecule has 0 unspecified atom stereocenters. The summed E-state index contributed by atoms with van der Waals surface area (Å²) in [6.45, 7) is 4.59. The minimum absolute atomic E-state index is 0.152. The number of hydrogen-bond donors (Lipinski definition) is 1. The van der Waals surface area contributed by atoms with Gasteiger partial charge in [0.15, 0.2) is 0 Å². The number of carbonyl (C=O) groups is 1. The molecule has 16 heavy (non-hydrogen) atoms. The Morgan fingerprint density at radius 2 is 1.94 bits per heavy atom. The average molecular weight is 223 g/mol. The monoisotopic (exact) mass is 223 g/mol. The van der Waals surface area contributed by atoms with Crippen LogP contribution in [0.2, 0.25) is 0 Å². The van der Waals surface area contributed by atoms with E-state index in [0.29, 0.717) is 12.8 Å². The largest absolute Gasteiger partial charge is 0.307 e. The molecule has 0 aliphatic rings. The summed E-state index contributed by atoms with van der Waals surface area (Å²) in [5.74, 6) is -0.0447. The third kappa shape index (κ3) is 3.74. The lowest BCUT2D eigenvalue weighted by molar-refractivity contribution is -0.120. The first kappa shape index (κ1) is 12.8. The van der Waals surface area contributed by atoms with E-state index in [9.17, 15) is 9.18 Å². The van der Waals surface area contributed by atoms with Crippen LogP contribution in [0.4, 0.5) is 4.39 Å². The SMILES string of the molecule is CCN[C@H](Cc1ccc(F)cc1)C(=O)CC. The van der Waals surface area contributed by atoms with Gasteiger partial charge in [-0.1, -0.05) is 26.0 Å². The standard InChI is InChI=1S/C13H18FNO/c1-3-13(16)12(15-4-2)9-10-5-7-11(14)8-6-10/h5-8,12,15H,3-4,9H2,1-2H3/t12-/m1/s1. The molecule has 1 aromatic carbocycles. The van der Waals surface area contributed by atoms with Gasteiger partial charge >= 0.3 is 0 Å². The number of halogens is 1. The Morgan fingerprint density at radius 1 is 1.31 bits per heavy atom. The Morgan fingerprint density at radius 3 is 2.44 bits per heavy atom. The molecule has 1 aromatic rings. The molecular formula is C13H18FNO. The molecule has 0 aliphatic carbocycles. The van der Waals surface area contributed by atoms with E-state index in [2.05, 4.69) is 5.32 Å². The number of carbonyl (C=O) groups excluding carboxylic acids is 1. The fraction of sp³-hybridized carbons (Fsp3) is 0.462. The van der Waals surface area contributed by atoms with Crippen LogP contribution in [0.1, 0.15) is 25.8 Å². The maximum absolute atomic E-state index is 12.7. The van der Waals surface area contributed by atoms with Crippen LogP contribution in [0.25, 0.3) is 0 Å². The molecule has 0 radical (unpaired) electrons. The summed E-state index contributed by atoms with van der Waals surface area (Å²) >= 11 is 0. The Kier molecular flexibility index (Phi) is 5.12. The normalized spacial score (nSPS) is 12.4. The van der Waals surface area contributed by atoms with Crippen LogP contribution in [0.15, 0.2) is 24.3 Å². The van der Waals surface area contributed by atoms with Gasteiger partial charge in [-0.3, -0.25) is 4.79 Å². The lowest BCUT2D eigenvalue weighted by Gasteiger charge is -2.15. The van der Waals surface area contributed by atoms with Crippen molar-refractivity contribution in [3.63, 3.8) is 0 Å². The van der Waals surface area contributed by atoms with Crippen molar-refractivity contribution in [3.05, 3.63) is 35.6 Å². The van der Waals surface area contributed by atoms with Crippen LogP contribution < -0.4 is 5.32 Å². The van der Waals surface area contributed by atoms with Gasteiger partial charge in [-0.2, -0.15) is 0 Å². The van der Waals surface area contributed by atoms with Gasteiger partial charge in [0.25, 0.3) is 0 Å². The van der Waals surface area contributed by atoms with Crippen molar-refractivity contribution < 1.29 is 9.18 Å². The second-order valence-corrected chi connectivity index (χ2v) is 3.76. The first-order chi connectivity index (χ1) is 7.67. The van der Waals surface area contributed by atoms with Crippen molar-refractivity contribution in [2.45, 2.75) is 32.7 Å². The highest BCUT2D eigenvalue weighted by molar-refractivity contribution is 5.84. The minimum atomic E-state index is -0.245. The summed E-state index contributed by atoms with van der Waals surface area (Å²) in [6.07, 6.45) is 1.15. The molecule has 0 amide bonds. The molecule has 0 spiro atoms. The summed E-state index contributed by atoms with van der Waals surface area (Å²) < 4.78 is 12.7. The highest BCUT2D eigenvalue weighted by atomic mass is 19.1. The quantitative estimate of drug-likeness (QED) is 0.802. The molecule has 0 bridgehead atoms. The van der Waals surface area contributed by atoms with E-state index in [1.807, 2.05) is 13.8 Å². The van der Waals surface area contributed by atoms with Crippen LogP contribution in [0.3, 0.4) is 0 Å². The number of benzene rings is 1. The van der Waals surface area contributed by atoms with E-state index in [1.165, 1.54) is 12.1 Å². The van der Waals surface area contributed by atoms with Gasteiger partial charge in [0, 0.05) is 6.42 Å². The molecule has 1 rings (SSSR count). The third-order valence-electron chi connectivity index (χ3n) is 2.54. The van der Waals surface area contributed by atoms with Crippen molar-refractivity contribution in [1.82, 2.24) is 5.32 Å². The van der Waals surface area contributed by atoms with Crippen LogP contribution in [-0.2, 0) is 11.2 Å². The summed E-state index contributed by atoms with van der Waals surface area (Å²) in [5.41, 5.74) is 0.981. The molecule has 0 saturated carbocycles. The van der Waals surface area contributed by atoms with Gasteiger partial charge < -0.3 is 5.32 Å². The van der Waals surface area contributed by atoms with Crippen LogP contribution in [0, 0.1) is 5.82 Å². The van der Waals surface area contributed by atoms with E-state index in [4.69, 9.17) is 0 Å². The van der Waals surface area contributed by atoms with Crippen molar-refractivity contribution >= 4 is 5.78 Å². The molecule has 0 heterocycles.